The lowest BCUT2D eigenvalue weighted by molar-refractivity contribution is 0.288. The molecule has 3 heteroatoms. The zero-order chi connectivity index (χ0) is 12.1. The lowest BCUT2D eigenvalue weighted by atomic mass is 9.85. The van der Waals surface area contributed by atoms with Crippen molar-refractivity contribution in [2.24, 2.45) is 0 Å². The number of hydrogen-bond acceptors (Lipinski definition) is 3. The Morgan fingerprint density at radius 3 is 3.00 bits per heavy atom. The molecule has 1 aromatic rings. The van der Waals surface area contributed by atoms with Crippen molar-refractivity contribution in [1.82, 2.24) is 10.3 Å². The van der Waals surface area contributed by atoms with Crippen molar-refractivity contribution in [3.05, 3.63) is 16.1 Å². The van der Waals surface area contributed by atoms with Crippen LogP contribution in [0.2, 0.25) is 0 Å². The fourth-order valence-corrected chi connectivity index (χ4v) is 3.83. The van der Waals surface area contributed by atoms with E-state index in [1.165, 1.54) is 55.8 Å². The van der Waals surface area contributed by atoms with Gasteiger partial charge in [0.05, 0.1) is 5.01 Å². The van der Waals surface area contributed by atoms with Crippen molar-refractivity contribution < 1.29 is 0 Å². The van der Waals surface area contributed by atoms with E-state index in [1.807, 2.05) is 11.3 Å². The van der Waals surface area contributed by atoms with Gasteiger partial charge in [-0.05, 0) is 32.7 Å². The van der Waals surface area contributed by atoms with E-state index in [9.17, 15) is 0 Å². The molecular weight excluding hydrogens is 228 g/mol. The van der Waals surface area contributed by atoms with E-state index in [1.54, 1.807) is 0 Å². The zero-order valence-corrected chi connectivity index (χ0v) is 11.9. The molecule has 1 aromatic heterocycles. The first-order valence-corrected chi connectivity index (χ1v) is 7.78. The maximum atomic E-state index is 4.64. The Kier molecular flexibility index (Phi) is 4.57. The average molecular weight is 252 g/mol. The number of aryl methyl sites for hydroxylation is 1. The fourth-order valence-electron chi connectivity index (χ4n) is 2.91. The molecule has 0 spiro atoms. The second kappa shape index (κ2) is 5.96. The second-order valence-corrected chi connectivity index (χ2v) is 6.27. The highest BCUT2D eigenvalue weighted by Crippen LogP contribution is 2.29. The van der Waals surface area contributed by atoms with Gasteiger partial charge in [-0.25, -0.2) is 4.98 Å². The third kappa shape index (κ3) is 3.52. The molecule has 0 aromatic carbocycles. The topological polar surface area (TPSA) is 24.9 Å². The van der Waals surface area contributed by atoms with Crippen molar-refractivity contribution in [1.29, 1.82) is 0 Å². The Morgan fingerprint density at radius 1 is 1.41 bits per heavy atom. The molecule has 0 radical (unpaired) electrons. The SMILES string of the molecule is CCCC1(Cc2nc(C)cs2)CCCCCN1. The summed E-state index contributed by atoms with van der Waals surface area (Å²) in [5, 5.41) is 7.30. The molecule has 1 saturated heterocycles. The van der Waals surface area contributed by atoms with E-state index in [0.29, 0.717) is 5.54 Å². The van der Waals surface area contributed by atoms with Crippen LogP contribution in [0.25, 0.3) is 0 Å². The lowest BCUT2D eigenvalue weighted by Gasteiger charge is -2.33. The van der Waals surface area contributed by atoms with Crippen molar-refractivity contribution in [2.45, 2.75) is 64.3 Å². The van der Waals surface area contributed by atoms with Gasteiger partial charge in [0, 0.05) is 23.0 Å². The van der Waals surface area contributed by atoms with Gasteiger partial charge in [0.25, 0.3) is 0 Å². The molecule has 1 N–H and O–H groups in total. The van der Waals surface area contributed by atoms with Crippen LogP contribution in [0.15, 0.2) is 5.38 Å². The standard InChI is InChI=1S/C14H24N2S/c1-3-7-14(8-5-4-6-9-15-14)10-13-16-12(2)11-17-13/h11,15H,3-10H2,1-2H3. The van der Waals surface area contributed by atoms with E-state index < -0.39 is 0 Å². The quantitative estimate of drug-likeness (QED) is 0.884. The second-order valence-electron chi connectivity index (χ2n) is 5.33. The van der Waals surface area contributed by atoms with Gasteiger partial charge in [-0.15, -0.1) is 11.3 Å². The Labute approximate surface area is 109 Å². The third-order valence-electron chi connectivity index (χ3n) is 3.72. The molecule has 1 aliphatic rings. The summed E-state index contributed by atoms with van der Waals surface area (Å²) in [5.74, 6) is 0. The zero-order valence-electron chi connectivity index (χ0n) is 11.1. The minimum Gasteiger partial charge on any atom is -0.311 e. The van der Waals surface area contributed by atoms with Crippen LogP contribution in [0.1, 0.15) is 56.2 Å². The van der Waals surface area contributed by atoms with Gasteiger partial charge in [0.2, 0.25) is 0 Å². The first-order valence-electron chi connectivity index (χ1n) is 6.90. The van der Waals surface area contributed by atoms with Crippen LogP contribution < -0.4 is 5.32 Å². The largest absolute Gasteiger partial charge is 0.311 e. The average Bonchev–Trinajstić information content (AvgIpc) is 2.57. The summed E-state index contributed by atoms with van der Waals surface area (Å²) in [4.78, 5) is 4.64. The molecule has 96 valence electrons. The van der Waals surface area contributed by atoms with Crippen LogP contribution in [-0.4, -0.2) is 17.1 Å². The first kappa shape index (κ1) is 13.0. The highest BCUT2D eigenvalue weighted by Gasteiger charge is 2.30. The van der Waals surface area contributed by atoms with Gasteiger partial charge < -0.3 is 5.32 Å². The van der Waals surface area contributed by atoms with Gasteiger partial charge in [0.1, 0.15) is 0 Å². The van der Waals surface area contributed by atoms with Crippen molar-refractivity contribution in [3.63, 3.8) is 0 Å². The molecule has 2 nitrogen and oxygen atoms in total. The summed E-state index contributed by atoms with van der Waals surface area (Å²) in [6.45, 7) is 5.57. The molecule has 2 rings (SSSR count). The van der Waals surface area contributed by atoms with Crippen LogP contribution in [-0.2, 0) is 6.42 Å². The van der Waals surface area contributed by atoms with Crippen molar-refractivity contribution >= 4 is 11.3 Å². The number of nitrogens with one attached hydrogen (secondary N) is 1. The van der Waals surface area contributed by atoms with Gasteiger partial charge in [-0.2, -0.15) is 0 Å². The molecule has 1 unspecified atom stereocenters. The maximum Gasteiger partial charge on any atom is 0.0946 e. The lowest BCUT2D eigenvalue weighted by Crippen LogP contribution is -2.46. The summed E-state index contributed by atoms with van der Waals surface area (Å²) >= 11 is 1.82. The van der Waals surface area contributed by atoms with Crippen LogP contribution in [0.5, 0.6) is 0 Å². The Hall–Kier alpha value is -0.410. The molecule has 1 atom stereocenters. The first-order chi connectivity index (χ1) is 8.24. The summed E-state index contributed by atoms with van der Waals surface area (Å²) < 4.78 is 0. The molecule has 0 saturated carbocycles. The molecule has 0 bridgehead atoms. The fraction of sp³-hybridized carbons (Fsp3) is 0.786. The molecular formula is C14H24N2S. The minimum absolute atomic E-state index is 0.329. The number of hydrogen-bond donors (Lipinski definition) is 1. The highest BCUT2D eigenvalue weighted by atomic mass is 32.1. The van der Waals surface area contributed by atoms with E-state index >= 15 is 0 Å². The van der Waals surface area contributed by atoms with Gasteiger partial charge in [-0.3, -0.25) is 0 Å². The van der Waals surface area contributed by atoms with Crippen LogP contribution in [0.3, 0.4) is 0 Å². The van der Waals surface area contributed by atoms with Crippen LogP contribution in [0.4, 0.5) is 0 Å². The predicted molar refractivity (Wildman–Crippen MR) is 74.7 cm³/mol. The summed E-state index contributed by atoms with van der Waals surface area (Å²) in [6, 6.07) is 0. The van der Waals surface area contributed by atoms with Gasteiger partial charge in [0.15, 0.2) is 0 Å². The highest BCUT2D eigenvalue weighted by molar-refractivity contribution is 7.09. The van der Waals surface area contributed by atoms with E-state index in [0.717, 1.165) is 6.42 Å². The molecule has 1 aliphatic heterocycles. The Balaban J connectivity index is 2.09. The predicted octanol–water partition coefficient (Wildman–Crippen LogP) is 3.70. The number of thiazole rings is 1. The maximum absolute atomic E-state index is 4.64. The van der Waals surface area contributed by atoms with E-state index in [2.05, 4.69) is 29.5 Å². The summed E-state index contributed by atoms with van der Waals surface area (Å²) in [6.07, 6.45) is 9.08. The number of aromatic nitrogens is 1. The summed E-state index contributed by atoms with van der Waals surface area (Å²) in [7, 11) is 0. The Morgan fingerprint density at radius 2 is 2.29 bits per heavy atom. The van der Waals surface area contributed by atoms with Crippen LogP contribution >= 0.6 is 11.3 Å². The molecule has 1 fully saturated rings. The van der Waals surface area contributed by atoms with Gasteiger partial charge in [-0.1, -0.05) is 26.2 Å². The van der Waals surface area contributed by atoms with Crippen molar-refractivity contribution in [2.75, 3.05) is 6.54 Å². The smallest absolute Gasteiger partial charge is 0.0946 e. The molecule has 0 amide bonds. The normalized spacial score (nSPS) is 25.8. The molecule has 17 heavy (non-hydrogen) atoms. The van der Waals surface area contributed by atoms with Crippen LogP contribution in [0, 0.1) is 6.92 Å². The van der Waals surface area contributed by atoms with Crippen molar-refractivity contribution in [3.8, 4) is 0 Å². The number of rotatable bonds is 4. The third-order valence-corrected chi connectivity index (χ3v) is 4.68. The Bertz CT molecular complexity index is 338. The molecule has 2 heterocycles. The summed E-state index contributed by atoms with van der Waals surface area (Å²) in [5.41, 5.74) is 1.50. The van der Waals surface area contributed by atoms with Gasteiger partial charge >= 0.3 is 0 Å². The minimum atomic E-state index is 0.329. The van der Waals surface area contributed by atoms with E-state index in [-0.39, 0.29) is 0 Å². The van der Waals surface area contributed by atoms with E-state index in [4.69, 9.17) is 0 Å². The molecule has 0 aliphatic carbocycles. The monoisotopic (exact) mass is 252 g/mol. The number of nitrogens with zero attached hydrogens (tertiary/aromatic N) is 1.